The highest BCUT2D eigenvalue weighted by Gasteiger charge is 2.43. The zero-order valence-electron chi connectivity index (χ0n) is 31.9. The molecule has 6 amide bonds. The number of nitrogens with one attached hydrogen (secondary N) is 3. The fourth-order valence-electron chi connectivity index (χ4n) is 4.23. The molecule has 5 N–H and O–H groups in total. The molecule has 12 heteroatoms. The van der Waals surface area contributed by atoms with Crippen LogP contribution in [0.25, 0.3) is 0 Å². The molecule has 1 aliphatic carbocycles. The minimum Gasteiger partial charge on any atom is -0.363 e. The van der Waals surface area contributed by atoms with Gasteiger partial charge in [-0.25, -0.2) is 4.79 Å². The Labute approximate surface area is 285 Å². The SMILES string of the molecule is CC.CC(C)C.CC(C)C.CC(C)N(C)C(=O)CNC(=O)NC(C(=O)N1CCCC1C(=O)NC(CC1CC1)C(=O)C(N)=O)C(C)(C)C. The molecule has 1 saturated heterocycles. The van der Waals surface area contributed by atoms with Gasteiger partial charge in [-0.2, -0.15) is 0 Å². The molecule has 2 fully saturated rings. The van der Waals surface area contributed by atoms with Crippen molar-refractivity contribution >= 4 is 35.4 Å². The second-order valence-corrected chi connectivity index (χ2v) is 14.8. The van der Waals surface area contributed by atoms with Crippen LogP contribution in [0.5, 0.6) is 0 Å². The molecule has 3 unspecified atom stereocenters. The van der Waals surface area contributed by atoms with Crippen molar-refractivity contribution in [1.29, 1.82) is 0 Å². The molecule has 47 heavy (non-hydrogen) atoms. The number of nitrogens with two attached hydrogens (primary N) is 1. The number of likely N-dealkylation sites (tertiary alicyclic amines) is 1. The van der Waals surface area contributed by atoms with Crippen LogP contribution in [0.1, 0.15) is 122 Å². The molecule has 1 aliphatic heterocycles. The van der Waals surface area contributed by atoms with Crippen LogP contribution in [0.2, 0.25) is 0 Å². The summed E-state index contributed by atoms with van der Waals surface area (Å²) in [5.41, 5.74) is 4.47. The third-order valence-electron chi connectivity index (χ3n) is 6.94. The van der Waals surface area contributed by atoms with Crippen molar-refractivity contribution in [3.05, 3.63) is 0 Å². The van der Waals surface area contributed by atoms with Crippen LogP contribution < -0.4 is 21.7 Å². The Morgan fingerprint density at radius 2 is 1.34 bits per heavy atom. The molecule has 274 valence electrons. The number of ketones is 1. The van der Waals surface area contributed by atoms with E-state index in [9.17, 15) is 28.8 Å². The summed E-state index contributed by atoms with van der Waals surface area (Å²) < 4.78 is 0. The highest BCUT2D eigenvalue weighted by molar-refractivity contribution is 6.37. The Kier molecular flexibility index (Phi) is 21.9. The van der Waals surface area contributed by atoms with E-state index < -0.39 is 53.1 Å². The molecule has 2 aliphatic rings. The normalized spacial score (nSPS) is 16.7. The Morgan fingerprint density at radius 1 is 0.851 bits per heavy atom. The minimum atomic E-state index is -1.11. The van der Waals surface area contributed by atoms with E-state index in [1.165, 1.54) is 9.80 Å². The summed E-state index contributed by atoms with van der Waals surface area (Å²) in [6, 6.07) is -3.53. The lowest BCUT2D eigenvalue weighted by Gasteiger charge is -2.35. The molecule has 3 atom stereocenters. The van der Waals surface area contributed by atoms with Gasteiger partial charge >= 0.3 is 6.03 Å². The summed E-state index contributed by atoms with van der Waals surface area (Å²) in [5, 5.41) is 7.81. The molecular formula is C35H68N6O6. The number of Topliss-reactive ketones (excluding diaryl/α,β-unsaturated/α-hetero) is 1. The monoisotopic (exact) mass is 669 g/mol. The Balaban J connectivity index is 0. The van der Waals surface area contributed by atoms with Crippen molar-refractivity contribution in [2.75, 3.05) is 20.1 Å². The van der Waals surface area contributed by atoms with Crippen LogP contribution >= 0.6 is 0 Å². The van der Waals surface area contributed by atoms with Crippen molar-refractivity contribution < 1.29 is 28.8 Å². The van der Waals surface area contributed by atoms with Gasteiger partial charge in [-0.05, 0) is 56.3 Å². The first-order chi connectivity index (χ1) is 21.6. The molecule has 0 bridgehead atoms. The van der Waals surface area contributed by atoms with Crippen LogP contribution in [0.4, 0.5) is 4.79 Å². The fourth-order valence-corrected chi connectivity index (χ4v) is 4.23. The summed E-state index contributed by atoms with van der Waals surface area (Å²) >= 11 is 0. The van der Waals surface area contributed by atoms with Gasteiger partial charge in [0.25, 0.3) is 5.91 Å². The lowest BCUT2D eigenvalue weighted by molar-refractivity contribution is -0.143. The summed E-state index contributed by atoms with van der Waals surface area (Å²) in [6.45, 7) is 26.2. The van der Waals surface area contributed by atoms with E-state index in [4.69, 9.17) is 5.73 Å². The first-order valence-corrected chi connectivity index (χ1v) is 17.3. The lowest BCUT2D eigenvalue weighted by Crippen LogP contribution is -2.60. The third kappa shape index (κ3) is 19.3. The van der Waals surface area contributed by atoms with Gasteiger partial charge in [-0.15, -0.1) is 0 Å². The fraction of sp³-hybridized carbons (Fsp3) is 0.829. The number of hydrogen-bond donors (Lipinski definition) is 4. The maximum atomic E-state index is 13.6. The molecular weight excluding hydrogens is 600 g/mol. The topological polar surface area (TPSA) is 171 Å². The van der Waals surface area contributed by atoms with E-state index >= 15 is 0 Å². The third-order valence-corrected chi connectivity index (χ3v) is 6.94. The van der Waals surface area contributed by atoms with E-state index in [-0.39, 0.29) is 24.4 Å². The number of carbonyl (C=O) groups excluding carboxylic acids is 6. The largest absolute Gasteiger partial charge is 0.363 e. The van der Waals surface area contributed by atoms with Crippen molar-refractivity contribution in [1.82, 2.24) is 25.8 Å². The first-order valence-electron chi connectivity index (χ1n) is 17.3. The van der Waals surface area contributed by atoms with Crippen molar-refractivity contribution in [3.8, 4) is 0 Å². The van der Waals surface area contributed by atoms with Crippen LogP contribution in [-0.4, -0.2) is 89.5 Å². The maximum absolute atomic E-state index is 13.6. The average Bonchev–Trinajstić information content (AvgIpc) is 3.63. The molecule has 0 aromatic rings. The van der Waals surface area contributed by atoms with Crippen LogP contribution in [-0.2, 0) is 24.0 Å². The van der Waals surface area contributed by atoms with Crippen molar-refractivity contribution in [2.24, 2.45) is 28.9 Å². The number of likely N-dealkylation sites (N-methyl/N-ethyl adjacent to an activating group) is 1. The number of primary amides is 1. The summed E-state index contributed by atoms with van der Waals surface area (Å²) in [7, 11) is 1.64. The Bertz CT molecular complexity index is 991. The number of urea groups is 1. The summed E-state index contributed by atoms with van der Waals surface area (Å²) in [4.78, 5) is 78.2. The molecule has 1 heterocycles. The number of hydrogen-bond acceptors (Lipinski definition) is 6. The van der Waals surface area contributed by atoms with Gasteiger partial charge in [0.2, 0.25) is 23.5 Å². The predicted octanol–water partition coefficient (Wildman–Crippen LogP) is 4.25. The van der Waals surface area contributed by atoms with E-state index in [1.807, 2.05) is 27.7 Å². The summed E-state index contributed by atoms with van der Waals surface area (Å²) in [6.07, 6.45) is 3.14. The number of amides is 6. The zero-order chi connectivity index (χ0) is 37.2. The number of carbonyl (C=O) groups is 6. The van der Waals surface area contributed by atoms with Gasteiger partial charge < -0.3 is 31.5 Å². The van der Waals surface area contributed by atoms with Gasteiger partial charge in [0.05, 0.1) is 12.6 Å². The molecule has 12 nitrogen and oxygen atoms in total. The van der Waals surface area contributed by atoms with E-state index in [2.05, 4.69) is 57.5 Å². The standard InChI is InChI=1S/C25H42N6O6.2C4H10.C2H6/c1-14(2)30(6)18(32)13-27-24(37)29-20(25(3,4)5)23(36)31-11-7-8-17(31)22(35)28-16(12-15-9-10-15)19(33)21(26)34;2*1-4(2)3;1-2/h14-17,20H,7-13H2,1-6H3,(H2,26,34)(H,28,35)(H2,27,29,37);2*4H,1-3H3;1-2H3. The zero-order valence-corrected chi connectivity index (χ0v) is 31.9. The number of rotatable bonds is 11. The van der Waals surface area contributed by atoms with Crippen LogP contribution in [0.15, 0.2) is 0 Å². The molecule has 0 spiro atoms. The van der Waals surface area contributed by atoms with Gasteiger partial charge in [0.1, 0.15) is 12.1 Å². The highest BCUT2D eigenvalue weighted by Crippen LogP contribution is 2.34. The molecule has 0 aromatic carbocycles. The predicted molar refractivity (Wildman–Crippen MR) is 188 cm³/mol. The maximum Gasteiger partial charge on any atom is 0.315 e. The van der Waals surface area contributed by atoms with Crippen LogP contribution in [0, 0.1) is 23.2 Å². The molecule has 2 rings (SSSR count). The van der Waals surface area contributed by atoms with Gasteiger partial charge in [0, 0.05) is 19.6 Å². The van der Waals surface area contributed by atoms with E-state index in [0.717, 1.165) is 24.7 Å². The highest BCUT2D eigenvalue weighted by atomic mass is 16.2. The van der Waals surface area contributed by atoms with Crippen molar-refractivity contribution in [3.63, 3.8) is 0 Å². The first kappa shape index (κ1) is 45.9. The molecule has 0 aromatic heterocycles. The quantitative estimate of drug-likeness (QED) is 0.240. The molecule has 1 saturated carbocycles. The number of nitrogens with zero attached hydrogens (tertiary/aromatic N) is 2. The van der Waals surface area contributed by atoms with Gasteiger partial charge in [0.15, 0.2) is 0 Å². The summed E-state index contributed by atoms with van der Waals surface area (Å²) in [5.74, 6) is -1.26. The Morgan fingerprint density at radius 3 is 1.74 bits per heavy atom. The van der Waals surface area contributed by atoms with Gasteiger partial charge in [-0.1, -0.05) is 89.0 Å². The van der Waals surface area contributed by atoms with Gasteiger partial charge in [-0.3, -0.25) is 24.0 Å². The minimum absolute atomic E-state index is 0.0263. The average molecular weight is 669 g/mol. The van der Waals surface area contributed by atoms with Crippen LogP contribution in [0.3, 0.4) is 0 Å². The van der Waals surface area contributed by atoms with E-state index in [1.54, 1.807) is 27.8 Å². The lowest BCUT2D eigenvalue weighted by atomic mass is 9.85. The second kappa shape index (κ2) is 22.4. The molecule has 0 radical (unpaired) electrons. The van der Waals surface area contributed by atoms with Crippen molar-refractivity contribution in [2.45, 2.75) is 146 Å². The Hall–Kier alpha value is -3.18. The second-order valence-electron chi connectivity index (χ2n) is 14.8. The van der Waals surface area contributed by atoms with E-state index in [0.29, 0.717) is 25.8 Å². The smallest absolute Gasteiger partial charge is 0.315 e.